The van der Waals surface area contributed by atoms with E-state index in [0.29, 0.717) is 0 Å². The van der Waals surface area contributed by atoms with Gasteiger partial charge in [0.05, 0.1) is 0 Å². The molecule has 0 saturated carbocycles. The lowest BCUT2D eigenvalue weighted by Gasteiger charge is -2.34. The van der Waals surface area contributed by atoms with E-state index < -0.39 is 0 Å². The van der Waals surface area contributed by atoms with Gasteiger partial charge in [-0.05, 0) is 6.42 Å². The Kier molecular flexibility index (Phi) is 4.90. The molecule has 0 aromatic rings. The Balaban J connectivity index is 2.12. The van der Waals surface area contributed by atoms with Crippen LogP contribution >= 0.6 is 0 Å². The molecule has 1 heterocycles. The topological polar surface area (TPSA) is 32.8 Å². The maximum Gasteiger partial charge on any atom is 0.219 e. The van der Waals surface area contributed by atoms with Crippen LogP contribution in [0.4, 0.5) is 0 Å². The summed E-state index contributed by atoms with van der Waals surface area (Å²) in [6.07, 6.45) is 1.08. The van der Waals surface area contributed by atoms with Crippen molar-refractivity contribution in [3.8, 4) is 0 Å². The fraction of sp³-hybridized carbons (Fsp3) is 0.900. The fourth-order valence-electron chi connectivity index (χ4n) is 1.72. The number of piperazine rings is 1. The van der Waals surface area contributed by atoms with Gasteiger partial charge in [-0.2, -0.15) is 0 Å². The van der Waals surface area contributed by atoms with E-state index in [1.165, 1.54) is 0 Å². The predicted octanol–water partition coefficient (Wildman–Crippen LogP) is 0.187. The van der Waals surface area contributed by atoms with E-state index in [9.17, 15) is 4.79 Å². The van der Waals surface area contributed by atoms with Crippen LogP contribution in [0.1, 0.15) is 13.3 Å². The monoisotopic (exact) mass is 200 g/mol. The van der Waals surface area contributed by atoms with Crippen molar-refractivity contribution in [1.29, 1.82) is 0 Å². The summed E-state index contributed by atoms with van der Waals surface area (Å²) in [6.45, 7) is 7.31. The molecule has 0 unspecified atom stereocenters. The van der Waals surface area contributed by atoms with E-state index in [0.717, 1.165) is 45.8 Å². The van der Waals surface area contributed by atoms with Crippen LogP contribution < -0.4 is 0 Å². The first kappa shape index (κ1) is 11.5. The molecule has 0 radical (unpaired) electrons. The summed E-state index contributed by atoms with van der Waals surface area (Å²) >= 11 is 0. The molecule has 1 aliphatic heterocycles. The van der Waals surface area contributed by atoms with Crippen molar-refractivity contribution in [2.24, 2.45) is 0 Å². The van der Waals surface area contributed by atoms with Gasteiger partial charge in [-0.3, -0.25) is 9.69 Å². The van der Waals surface area contributed by atoms with Gasteiger partial charge in [0, 0.05) is 53.4 Å². The molecule has 4 heteroatoms. The third-order valence-electron chi connectivity index (χ3n) is 2.64. The van der Waals surface area contributed by atoms with Crippen LogP contribution in [0.25, 0.3) is 0 Å². The lowest BCUT2D eigenvalue weighted by Crippen LogP contribution is -2.48. The maximum atomic E-state index is 11.1. The van der Waals surface area contributed by atoms with E-state index in [-0.39, 0.29) is 5.91 Å². The van der Waals surface area contributed by atoms with Gasteiger partial charge in [0.2, 0.25) is 5.91 Å². The quantitative estimate of drug-likeness (QED) is 0.607. The maximum absolute atomic E-state index is 11.1. The number of carbonyl (C=O) groups excluding carboxylic acids is 1. The summed E-state index contributed by atoms with van der Waals surface area (Å²) in [5.41, 5.74) is 0. The summed E-state index contributed by atoms with van der Waals surface area (Å²) in [7, 11) is 1.73. The second kappa shape index (κ2) is 5.98. The minimum atomic E-state index is 0.196. The smallest absolute Gasteiger partial charge is 0.219 e. The summed E-state index contributed by atoms with van der Waals surface area (Å²) in [5.74, 6) is 0.196. The molecule has 1 rings (SSSR count). The van der Waals surface area contributed by atoms with E-state index in [4.69, 9.17) is 4.74 Å². The van der Waals surface area contributed by atoms with Crippen molar-refractivity contribution in [1.82, 2.24) is 9.80 Å². The number of ether oxygens (including phenoxy) is 1. The van der Waals surface area contributed by atoms with Crippen LogP contribution in [0.5, 0.6) is 0 Å². The molecule has 82 valence electrons. The molecule has 14 heavy (non-hydrogen) atoms. The van der Waals surface area contributed by atoms with Gasteiger partial charge in [-0.1, -0.05) is 0 Å². The first-order valence-corrected chi connectivity index (χ1v) is 5.21. The Hall–Kier alpha value is -0.610. The Morgan fingerprint density at radius 3 is 2.43 bits per heavy atom. The average Bonchev–Trinajstić information content (AvgIpc) is 2.19. The zero-order valence-electron chi connectivity index (χ0n) is 9.16. The second-order valence-electron chi connectivity index (χ2n) is 3.69. The highest BCUT2D eigenvalue weighted by atomic mass is 16.5. The van der Waals surface area contributed by atoms with E-state index in [1.807, 2.05) is 4.90 Å². The van der Waals surface area contributed by atoms with Crippen molar-refractivity contribution < 1.29 is 9.53 Å². The highest BCUT2D eigenvalue weighted by Crippen LogP contribution is 2.02. The minimum Gasteiger partial charge on any atom is -0.385 e. The molecule has 1 fully saturated rings. The molecule has 0 aromatic heterocycles. The van der Waals surface area contributed by atoms with E-state index in [2.05, 4.69) is 4.90 Å². The summed E-state index contributed by atoms with van der Waals surface area (Å²) in [5, 5.41) is 0. The van der Waals surface area contributed by atoms with Crippen LogP contribution in [-0.2, 0) is 9.53 Å². The number of hydrogen-bond acceptors (Lipinski definition) is 3. The second-order valence-corrected chi connectivity index (χ2v) is 3.69. The van der Waals surface area contributed by atoms with Gasteiger partial charge in [0.25, 0.3) is 0 Å². The molecule has 0 N–H and O–H groups in total. The summed E-state index contributed by atoms with van der Waals surface area (Å²) in [6, 6.07) is 0. The molecule has 0 bridgehead atoms. The lowest BCUT2D eigenvalue weighted by atomic mass is 10.3. The van der Waals surface area contributed by atoms with Gasteiger partial charge in [0.15, 0.2) is 0 Å². The van der Waals surface area contributed by atoms with Crippen LogP contribution in [0.2, 0.25) is 0 Å². The first-order valence-electron chi connectivity index (χ1n) is 5.21. The van der Waals surface area contributed by atoms with Gasteiger partial charge in [-0.25, -0.2) is 0 Å². The molecule has 1 amide bonds. The number of nitrogens with zero attached hydrogens (tertiary/aromatic N) is 2. The third-order valence-corrected chi connectivity index (χ3v) is 2.64. The fourth-order valence-corrected chi connectivity index (χ4v) is 1.72. The standard InChI is InChI=1S/C10H20N2O2/c1-10(13)12-7-5-11(6-8-12)4-3-9-14-2/h3-9H2,1-2H3. The lowest BCUT2D eigenvalue weighted by molar-refractivity contribution is -0.130. The zero-order valence-corrected chi connectivity index (χ0v) is 9.16. The Morgan fingerprint density at radius 1 is 1.29 bits per heavy atom. The molecular weight excluding hydrogens is 180 g/mol. The zero-order chi connectivity index (χ0) is 10.4. The van der Waals surface area contributed by atoms with Gasteiger partial charge in [-0.15, -0.1) is 0 Å². The number of rotatable bonds is 4. The van der Waals surface area contributed by atoms with Gasteiger partial charge < -0.3 is 9.64 Å². The molecule has 0 spiro atoms. The molecule has 4 nitrogen and oxygen atoms in total. The summed E-state index contributed by atoms with van der Waals surface area (Å²) in [4.78, 5) is 15.4. The number of methoxy groups -OCH3 is 1. The van der Waals surface area contributed by atoms with Gasteiger partial charge >= 0.3 is 0 Å². The first-order chi connectivity index (χ1) is 6.74. The largest absolute Gasteiger partial charge is 0.385 e. The van der Waals surface area contributed by atoms with Crippen molar-refractivity contribution >= 4 is 5.91 Å². The summed E-state index contributed by atoms with van der Waals surface area (Å²) < 4.78 is 5.00. The highest BCUT2D eigenvalue weighted by Gasteiger charge is 2.17. The molecule has 0 aliphatic carbocycles. The van der Waals surface area contributed by atoms with Crippen molar-refractivity contribution in [3.05, 3.63) is 0 Å². The van der Waals surface area contributed by atoms with Crippen LogP contribution in [0, 0.1) is 0 Å². The molecule has 1 aliphatic rings. The van der Waals surface area contributed by atoms with E-state index in [1.54, 1.807) is 14.0 Å². The van der Waals surface area contributed by atoms with Gasteiger partial charge in [0.1, 0.15) is 0 Å². The normalized spacial score (nSPS) is 18.6. The number of amides is 1. The number of carbonyl (C=O) groups is 1. The Morgan fingerprint density at radius 2 is 1.93 bits per heavy atom. The minimum absolute atomic E-state index is 0.196. The molecule has 0 atom stereocenters. The van der Waals surface area contributed by atoms with Crippen LogP contribution in [-0.4, -0.2) is 62.1 Å². The van der Waals surface area contributed by atoms with Crippen molar-refractivity contribution in [2.45, 2.75) is 13.3 Å². The van der Waals surface area contributed by atoms with Crippen molar-refractivity contribution in [3.63, 3.8) is 0 Å². The molecule has 1 saturated heterocycles. The highest BCUT2D eigenvalue weighted by molar-refractivity contribution is 5.73. The molecule has 0 aromatic carbocycles. The Labute approximate surface area is 85.8 Å². The van der Waals surface area contributed by atoms with Crippen molar-refractivity contribution in [2.75, 3.05) is 46.4 Å². The number of hydrogen-bond donors (Lipinski definition) is 0. The van der Waals surface area contributed by atoms with Crippen LogP contribution in [0.15, 0.2) is 0 Å². The SMILES string of the molecule is COCCCN1CCN(C(C)=O)CC1. The Bertz CT molecular complexity index is 177. The average molecular weight is 200 g/mol. The third kappa shape index (κ3) is 3.64. The molecular formula is C10H20N2O2. The predicted molar refractivity (Wildman–Crippen MR) is 55.2 cm³/mol. The van der Waals surface area contributed by atoms with E-state index >= 15 is 0 Å². The van der Waals surface area contributed by atoms with Crippen LogP contribution in [0.3, 0.4) is 0 Å².